The van der Waals surface area contributed by atoms with Gasteiger partial charge in [0.25, 0.3) is 11.8 Å². The lowest BCUT2D eigenvalue weighted by Crippen LogP contribution is -2.71. The minimum Gasteiger partial charge on any atom is -0.458 e. The Labute approximate surface area is 362 Å². The summed E-state index contributed by atoms with van der Waals surface area (Å²) in [5.74, 6) is -4.54. The standard InChI is InChI=1S/C42H64N6O14/c1-25(49)45-35(57)43(33(55)41(45)21-37(7,8)47(27(3)51)38(9,10)22-41)17-31(61-29(5)53)19-59-15-16-60-20-32(62-30(6)54)18-44-34(56)42(46(26(2)50)36(44)58)23-39(11,12)48(28(4)52)40(13,14)24-42/h31-32H,15-24H2,1-14H3. The van der Waals surface area contributed by atoms with E-state index in [0.717, 1.165) is 33.4 Å². The lowest BCUT2D eigenvalue weighted by molar-refractivity contribution is -0.165. The molecule has 0 bridgehead atoms. The largest absolute Gasteiger partial charge is 0.458 e. The van der Waals surface area contributed by atoms with Crippen LogP contribution in [0.3, 0.4) is 0 Å². The topological polar surface area (TPSA) is 227 Å². The van der Waals surface area contributed by atoms with Crippen molar-refractivity contribution < 1.29 is 66.9 Å². The highest BCUT2D eigenvalue weighted by atomic mass is 16.6. The number of hydrogen-bond acceptors (Lipinski definition) is 14. The summed E-state index contributed by atoms with van der Waals surface area (Å²) in [6.45, 7) is 20.0. The Morgan fingerprint density at radius 3 is 0.984 bits per heavy atom. The van der Waals surface area contributed by atoms with Crippen LogP contribution in [-0.2, 0) is 57.3 Å². The number of piperidine rings is 2. The van der Waals surface area contributed by atoms with Gasteiger partial charge in [-0.3, -0.25) is 48.2 Å². The minimum absolute atomic E-state index is 0.0176. The van der Waals surface area contributed by atoms with Gasteiger partial charge in [0, 0.05) is 89.4 Å². The second kappa shape index (κ2) is 17.3. The van der Waals surface area contributed by atoms with Crippen molar-refractivity contribution in [2.45, 2.75) is 168 Å². The molecule has 2 spiro atoms. The van der Waals surface area contributed by atoms with Gasteiger partial charge in [-0.15, -0.1) is 0 Å². The number of carbonyl (C=O) groups excluding carboxylic acids is 10. The molecule has 4 aliphatic heterocycles. The van der Waals surface area contributed by atoms with Crippen molar-refractivity contribution in [3.63, 3.8) is 0 Å². The van der Waals surface area contributed by atoms with Crippen LogP contribution < -0.4 is 0 Å². The monoisotopic (exact) mass is 876 g/mol. The number of imide groups is 4. The van der Waals surface area contributed by atoms with Crippen LogP contribution in [0.5, 0.6) is 0 Å². The first-order valence-electron chi connectivity index (χ1n) is 20.7. The summed E-state index contributed by atoms with van der Waals surface area (Å²) in [5, 5.41) is 0. The van der Waals surface area contributed by atoms with Crippen LogP contribution in [0.4, 0.5) is 9.59 Å². The molecular formula is C42H64N6O14. The zero-order chi connectivity index (χ0) is 47.3. The van der Waals surface area contributed by atoms with Crippen molar-refractivity contribution in [1.29, 1.82) is 0 Å². The number of nitrogens with zero attached hydrogens (tertiary/aromatic N) is 6. The lowest BCUT2D eigenvalue weighted by Gasteiger charge is -2.58. The molecular weight excluding hydrogens is 812 g/mol. The van der Waals surface area contributed by atoms with E-state index < -0.39 is 106 Å². The van der Waals surface area contributed by atoms with Crippen molar-refractivity contribution in [2.75, 3.05) is 39.5 Å². The molecule has 4 heterocycles. The second-order valence-corrected chi connectivity index (χ2v) is 19.4. The molecule has 4 rings (SSSR count). The average Bonchev–Trinajstić information content (AvgIpc) is 3.35. The smallest absolute Gasteiger partial charge is 0.334 e. The van der Waals surface area contributed by atoms with Crippen LogP contribution in [0.25, 0.3) is 0 Å². The highest BCUT2D eigenvalue weighted by Crippen LogP contribution is 2.51. The number of urea groups is 2. The third-order valence-electron chi connectivity index (χ3n) is 12.0. The summed E-state index contributed by atoms with van der Waals surface area (Å²) < 4.78 is 22.3. The lowest BCUT2D eigenvalue weighted by atomic mass is 9.68. The van der Waals surface area contributed by atoms with Crippen molar-refractivity contribution in [1.82, 2.24) is 29.4 Å². The van der Waals surface area contributed by atoms with Gasteiger partial charge in [-0.05, 0) is 55.4 Å². The van der Waals surface area contributed by atoms with Crippen LogP contribution in [0, 0.1) is 0 Å². The number of ether oxygens (including phenoxy) is 4. The first-order chi connectivity index (χ1) is 28.3. The quantitative estimate of drug-likeness (QED) is 0.147. The summed E-state index contributed by atoms with van der Waals surface area (Å²) in [6, 6.07) is -1.77. The van der Waals surface area contributed by atoms with Gasteiger partial charge in [0.05, 0.1) is 39.5 Å². The zero-order valence-electron chi connectivity index (χ0n) is 38.6. The van der Waals surface area contributed by atoms with E-state index in [1.807, 2.05) is 0 Å². The average molecular weight is 877 g/mol. The highest BCUT2D eigenvalue weighted by Gasteiger charge is 2.68. The first-order valence-corrected chi connectivity index (χ1v) is 20.7. The molecule has 0 aromatic rings. The number of carbonyl (C=O) groups is 10. The van der Waals surface area contributed by atoms with Crippen LogP contribution in [0.15, 0.2) is 0 Å². The Morgan fingerprint density at radius 2 is 0.758 bits per heavy atom. The van der Waals surface area contributed by atoms with E-state index in [9.17, 15) is 47.9 Å². The Bertz CT molecular complexity index is 1740. The predicted molar refractivity (Wildman–Crippen MR) is 217 cm³/mol. The fraction of sp³-hybridized carbons (Fsp3) is 0.762. The molecule has 10 amide bonds. The van der Waals surface area contributed by atoms with E-state index in [2.05, 4.69) is 0 Å². The van der Waals surface area contributed by atoms with Gasteiger partial charge in [0.2, 0.25) is 23.6 Å². The summed E-state index contributed by atoms with van der Waals surface area (Å²) in [7, 11) is 0. The van der Waals surface area contributed by atoms with Crippen molar-refractivity contribution >= 4 is 59.4 Å². The fourth-order valence-electron chi connectivity index (χ4n) is 11.6. The third-order valence-corrected chi connectivity index (χ3v) is 12.0. The molecule has 62 heavy (non-hydrogen) atoms. The Balaban J connectivity index is 1.43. The van der Waals surface area contributed by atoms with Gasteiger partial charge >= 0.3 is 24.0 Å². The normalized spacial score (nSPS) is 22.9. The van der Waals surface area contributed by atoms with Crippen molar-refractivity contribution in [3.8, 4) is 0 Å². The van der Waals surface area contributed by atoms with E-state index in [-0.39, 0.29) is 63.9 Å². The molecule has 4 aliphatic rings. The SMILES string of the molecule is CC(=O)OC(COCCOCC(CN1C(=O)N(C(C)=O)C2(CC(C)(C)N(C(C)=O)C(C)(C)C2)C1=O)OC(C)=O)CN1C(=O)N(C(C)=O)C2(CC(C)(C)N(C(C)=O)C(C)(C)C2)C1=O. The maximum absolute atomic E-state index is 14.3. The minimum atomic E-state index is -1.61. The second-order valence-electron chi connectivity index (χ2n) is 19.4. The Morgan fingerprint density at radius 1 is 0.484 bits per heavy atom. The number of amides is 10. The molecule has 20 heteroatoms. The summed E-state index contributed by atoms with van der Waals surface area (Å²) in [5.41, 5.74) is -6.93. The maximum Gasteiger partial charge on any atom is 0.334 e. The Kier molecular flexibility index (Phi) is 13.9. The van der Waals surface area contributed by atoms with Gasteiger partial charge < -0.3 is 28.7 Å². The van der Waals surface area contributed by atoms with Gasteiger partial charge in [-0.1, -0.05) is 0 Å². The number of likely N-dealkylation sites (tertiary alicyclic amines) is 2. The molecule has 2 atom stereocenters. The summed E-state index contributed by atoms with van der Waals surface area (Å²) >= 11 is 0. The summed E-state index contributed by atoms with van der Waals surface area (Å²) in [6.07, 6.45) is -2.38. The van der Waals surface area contributed by atoms with Gasteiger partial charge in [-0.2, -0.15) is 0 Å². The highest BCUT2D eigenvalue weighted by molar-refractivity contribution is 6.15. The summed E-state index contributed by atoms with van der Waals surface area (Å²) in [4.78, 5) is 139. The molecule has 2 unspecified atom stereocenters. The molecule has 0 aromatic heterocycles. The van der Waals surface area contributed by atoms with Crippen LogP contribution in [0.1, 0.15) is 123 Å². The first kappa shape index (κ1) is 49.7. The van der Waals surface area contributed by atoms with Crippen LogP contribution in [0.2, 0.25) is 0 Å². The van der Waals surface area contributed by atoms with Gasteiger partial charge in [0.1, 0.15) is 23.3 Å². The molecule has 0 radical (unpaired) electrons. The molecule has 0 aromatic carbocycles. The molecule has 20 nitrogen and oxygen atoms in total. The molecule has 0 aliphatic carbocycles. The number of esters is 2. The van der Waals surface area contributed by atoms with E-state index in [0.29, 0.717) is 0 Å². The fourth-order valence-corrected chi connectivity index (χ4v) is 11.6. The van der Waals surface area contributed by atoms with E-state index in [1.54, 1.807) is 65.2 Å². The van der Waals surface area contributed by atoms with Crippen molar-refractivity contribution in [2.24, 2.45) is 0 Å². The zero-order valence-corrected chi connectivity index (χ0v) is 38.6. The molecule has 0 N–H and O–H groups in total. The molecule has 0 saturated carbocycles. The van der Waals surface area contributed by atoms with E-state index in [1.165, 1.54) is 27.7 Å². The van der Waals surface area contributed by atoms with Crippen molar-refractivity contribution in [3.05, 3.63) is 0 Å². The van der Waals surface area contributed by atoms with Gasteiger partial charge in [-0.25, -0.2) is 19.4 Å². The predicted octanol–water partition coefficient (Wildman–Crippen LogP) is 2.38. The molecule has 4 saturated heterocycles. The van der Waals surface area contributed by atoms with Crippen LogP contribution in [-0.4, -0.2) is 174 Å². The van der Waals surface area contributed by atoms with Crippen LogP contribution >= 0.6 is 0 Å². The number of rotatable bonds is 13. The van der Waals surface area contributed by atoms with E-state index >= 15 is 0 Å². The maximum atomic E-state index is 14.3. The molecule has 346 valence electrons. The Hall–Kier alpha value is -4.98. The molecule has 4 fully saturated rings. The van der Waals surface area contributed by atoms with Gasteiger partial charge in [0.15, 0.2) is 0 Å². The third kappa shape index (κ3) is 9.21. The number of hydrogen-bond donors (Lipinski definition) is 0. The van der Waals surface area contributed by atoms with E-state index in [4.69, 9.17) is 18.9 Å².